The molecule has 0 fully saturated rings. The van der Waals surface area contributed by atoms with Crippen molar-refractivity contribution in [3.63, 3.8) is 0 Å². The van der Waals surface area contributed by atoms with Gasteiger partial charge in [-0.15, -0.1) is 0 Å². The summed E-state index contributed by atoms with van der Waals surface area (Å²) in [5.74, 6) is 0. The molecule has 8 nitrogen and oxygen atoms in total. The molecule has 11 heteroatoms. The van der Waals surface area contributed by atoms with Crippen LogP contribution in [0.3, 0.4) is 0 Å². The van der Waals surface area contributed by atoms with E-state index in [4.69, 9.17) is 47.3 Å². The first-order valence-electron chi connectivity index (χ1n) is 0.894. The van der Waals surface area contributed by atoms with Crippen LogP contribution in [0, 0.1) is 47.3 Å². The van der Waals surface area contributed by atoms with Crippen LogP contribution in [0.4, 0.5) is 0 Å². The van der Waals surface area contributed by atoms with Crippen LogP contribution >= 0.6 is 0 Å². The Morgan fingerprint density at radius 3 is 0.333 bits per heavy atom. The van der Waals surface area contributed by atoms with E-state index < -0.39 is 0 Å². The molecule has 0 saturated carbocycles. The van der Waals surface area contributed by atoms with Gasteiger partial charge in [0.15, 0.2) is 0 Å². The third-order valence-corrected chi connectivity index (χ3v) is 0. The zero-order valence-corrected chi connectivity index (χ0v) is 11.6. The minimum Gasteiger partial charge on any atom is -2.00 e. The fourth-order valence-corrected chi connectivity index (χ4v) is 0. The summed E-state index contributed by atoms with van der Waals surface area (Å²) >= 11 is 0. The van der Waals surface area contributed by atoms with Crippen molar-refractivity contribution in [1.29, 1.82) is 21.0 Å². The molecule has 0 rings (SSSR count). The minimum absolute atomic E-state index is 0. The molecule has 0 spiro atoms. The smallest absolute Gasteiger partial charge is 2.00 e. The molecule has 15 heavy (non-hydrogen) atoms. The molecule has 0 amide bonds. The van der Waals surface area contributed by atoms with E-state index in [-0.39, 0.29) is 87.1 Å². The maximum absolute atomic E-state index is 6.25. The van der Waals surface area contributed by atoms with Crippen molar-refractivity contribution < 1.29 is 87.1 Å². The molecule has 0 atom stereocenters. The Bertz CT molecular complexity index is 72.9. The van der Waals surface area contributed by atoms with Gasteiger partial charge in [-0.05, 0) is 0 Å². The Morgan fingerprint density at radius 1 is 0.333 bits per heavy atom. The molecule has 0 unspecified atom stereocenters. The quantitative estimate of drug-likeness (QED) is 0.442. The van der Waals surface area contributed by atoms with Crippen molar-refractivity contribution in [2.24, 2.45) is 0 Å². The third-order valence-electron chi connectivity index (χ3n) is 0. The fraction of sp³-hybridized carbons (Fsp3) is 0. The maximum atomic E-state index is 6.25. The Kier molecular flexibility index (Phi) is 8910000. The van der Waals surface area contributed by atoms with Crippen LogP contribution in [0.2, 0.25) is 0 Å². The van der Waals surface area contributed by atoms with Crippen LogP contribution in [0.5, 0.6) is 0 Å². The fourth-order valence-electron chi connectivity index (χ4n) is 0. The van der Waals surface area contributed by atoms with Crippen molar-refractivity contribution in [3.05, 3.63) is 26.3 Å². The molecule has 0 aromatic heterocycles. The summed E-state index contributed by atoms with van der Waals surface area (Å²) in [5.41, 5.74) is 0. The Hall–Kier alpha value is -0.0571. The SMILES string of the molecule is [C-]#N.[C-]#N.[C-]#N.[C-]#N.[O-2].[O-2].[O-2].[O-2].[Ti+4].[Ti+4].[Ti+4]. The molecule has 0 aliphatic rings. The number of rotatable bonds is 0. The van der Waals surface area contributed by atoms with E-state index in [2.05, 4.69) is 0 Å². The first kappa shape index (κ1) is 187. The zero-order valence-electron chi connectivity index (χ0n) is 6.92. The molecule has 0 radical (unpaired) electrons. The van der Waals surface area contributed by atoms with Gasteiger partial charge in [0.25, 0.3) is 0 Å². The molecule has 0 saturated heterocycles. The van der Waals surface area contributed by atoms with E-state index in [9.17, 15) is 0 Å². The third kappa shape index (κ3) is 609000. The summed E-state index contributed by atoms with van der Waals surface area (Å²) in [7, 11) is 0. The topological polar surface area (TPSA) is 209 Å². The predicted molar refractivity (Wildman–Crippen MR) is 22.6 cm³/mol. The van der Waals surface area contributed by atoms with Crippen LogP contribution < -0.4 is 0 Å². The van der Waals surface area contributed by atoms with Gasteiger partial charge in [0.05, 0.1) is 0 Å². The van der Waals surface area contributed by atoms with Crippen molar-refractivity contribution in [3.8, 4) is 0 Å². The number of hydrogen-bond donors (Lipinski definition) is 0. The van der Waals surface area contributed by atoms with Gasteiger partial charge >= 0.3 is 65.2 Å². The van der Waals surface area contributed by atoms with Crippen molar-refractivity contribution in [1.82, 2.24) is 0 Å². The second-order valence-corrected chi connectivity index (χ2v) is 0. The van der Waals surface area contributed by atoms with Gasteiger partial charge in [-0.3, -0.25) is 0 Å². The van der Waals surface area contributed by atoms with Gasteiger partial charge in [0, 0.05) is 0 Å². The van der Waals surface area contributed by atoms with E-state index >= 15 is 0 Å². The molecule has 0 aromatic rings. The monoisotopic (exact) mass is 312 g/mol. The summed E-state index contributed by atoms with van der Waals surface area (Å²) in [4.78, 5) is 0. The summed E-state index contributed by atoms with van der Waals surface area (Å²) in [6.45, 7) is 19.0. The van der Waals surface area contributed by atoms with Gasteiger partial charge in [-0.2, -0.15) is 0 Å². The largest absolute Gasteiger partial charge is 4.00 e. The van der Waals surface area contributed by atoms with Crippen molar-refractivity contribution >= 4 is 0 Å². The zero-order chi connectivity index (χ0) is 8.00. The van der Waals surface area contributed by atoms with Gasteiger partial charge < -0.3 is 69.2 Å². The van der Waals surface area contributed by atoms with E-state index in [0.717, 1.165) is 0 Å². The van der Waals surface area contributed by atoms with Gasteiger partial charge in [0.2, 0.25) is 0 Å². The first-order valence-corrected chi connectivity index (χ1v) is 0.894. The minimum atomic E-state index is 0. The number of nitrogens with zero attached hydrogens (tertiary/aromatic N) is 4. The average molecular weight is 312 g/mol. The summed E-state index contributed by atoms with van der Waals surface area (Å²) in [6, 6.07) is 0. The average Bonchev–Trinajstić information content (AvgIpc) is 2.03. The molecule has 0 aliphatic carbocycles. The Morgan fingerprint density at radius 2 is 0.333 bits per heavy atom. The Labute approximate surface area is 133 Å². The second kappa shape index (κ2) is 715000. The van der Waals surface area contributed by atoms with Gasteiger partial charge in [-0.25, -0.2) is 0 Å². The van der Waals surface area contributed by atoms with Crippen molar-refractivity contribution in [2.75, 3.05) is 0 Å². The molecule has 72 valence electrons. The summed E-state index contributed by atoms with van der Waals surface area (Å²) in [5, 5.41) is 25.0. The summed E-state index contributed by atoms with van der Waals surface area (Å²) < 4.78 is 0. The molecule has 0 aliphatic heterocycles. The first-order chi connectivity index (χ1) is 4.00. The van der Waals surface area contributed by atoms with Gasteiger partial charge in [-0.1, -0.05) is 0 Å². The van der Waals surface area contributed by atoms with Crippen LogP contribution in [-0.2, 0) is 87.1 Å². The predicted octanol–water partition coefficient (Wildman–Crippen LogP) is -0.0972. The number of hydrogen-bond acceptors (Lipinski definition) is 4. The van der Waals surface area contributed by atoms with E-state index in [1.807, 2.05) is 0 Å². The summed E-state index contributed by atoms with van der Waals surface area (Å²) in [6.07, 6.45) is 0. The Balaban J connectivity index is -0.00000000137. The molecular formula is C4N4O4Ti3. The van der Waals surface area contributed by atoms with Crippen molar-refractivity contribution in [2.45, 2.75) is 0 Å². The van der Waals surface area contributed by atoms with Crippen LogP contribution in [0.25, 0.3) is 0 Å². The molecule has 0 bridgehead atoms. The normalized spacial score (nSPS) is 0.533. The molecule has 0 aromatic carbocycles. The van der Waals surface area contributed by atoms with E-state index in [1.54, 1.807) is 0 Å². The molecular weight excluding hydrogens is 312 g/mol. The standard InChI is InChI=1S/4CN.4O.3Ti/c4*1-2;;;;;;;/q4*-1;4*-2;3*+4. The molecule has 0 heterocycles. The second-order valence-electron chi connectivity index (χ2n) is 0. The van der Waals surface area contributed by atoms with E-state index in [0.29, 0.717) is 0 Å². The van der Waals surface area contributed by atoms with Gasteiger partial charge in [0.1, 0.15) is 0 Å². The molecule has 0 N–H and O–H groups in total. The maximum Gasteiger partial charge on any atom is 4.00 e. The van der Waals surface area contributed by atoms with Crippen LogP contribution in [0.15, 0.2) is 0 Å². The van der Waals surface area contributed by atoms with Crippen LogP contribution in [-0.4, -0.2) is 0 Å². The van der Waals surface area contributed by atoms with E-state index in [1.165, 1.54) is 0 Å². The van der Waals surface area contributed by atoms with Crippen LogP contribution in [0.1, 0.15) is 0 Å².